The van der Waals surface area contributed by atoms with Crippen LogP contribution >= 0.6 is 0 Å². The molecule has 2 fully saturated rings. The highest BCUT2D eigenvalue weighted by molar-refractivity contribution is 5.24. The van der Waals surface area contributed by atoms with Crippen LogP contribution in [0.1, 0.15) is 59.8 Å². The number of allylic oxidation sites excluding steroid dienone is 3. The second-order valence-corrected chi connectivity index (χ2v) is 9.66. The van der Waals surface area contributed by atoms with Gasteiger partial charge < -0.3 is 20.9 Å². The molecule has 164 valence electrons. The molecule has 0 radical (unpaired) electrons. The molecular formula is C23H42N6. The lowest BCUT2D eigenvalue weighted by atomic mass is 10.0. The molecule has 0 bridgehead atoms. The maximum absolute atomic E-state index is 3.86. The third kappa shape index (κ3) is 4.92. The minimum absolute atomic E-state index is 0.215. The summed E-state index contributed by atoms with van der Waals surface area (Å²) in [6, 6.07) is 1.49. The molecule has 0 spiro atoms. The van der Waals surface area contributed by atoms with Gasteiger partial charge in [-0.2, -0.15) is 0 Å². The fourth-order valence-corrected chi connectivity index (χ4v) is 5.44. The molecule has 4 heterocycles. The Bertz CT molecular complexity index is 605. The number of rotatable bonds is 4. The second kappa shape index (κ2) is 9.27. The fourth-order valence-electron chi connectivity index (χ4n) is 5.44. The summed E-state index contributed by atoms with van der Waals surface area (Å²) < 4.78 is 0. The SMILES string of the molecule is CC1=C(C)NC(C2=CCCC(N3CCCN(C4CCN(C(C)C)CC4)CC3)N2)N1. The van der Waals surface area contributed by atoms with Crippen molar-refractivity contribution in [2.45, 2.75) is 84.2 Å². The van der Waals surface area contributed by atoms with Crippen molar-refractivity contribution in [2.24, 2.45) is 0 Å². The molecule has 4 rings (SSSR count). The molecule has 0 saturated carbocycles. The molecule has 2 saturated heterocycles. The van der Waals surface area contributed by atoms with Gasteiger partial charge in [0.1, 0.15) is 6.17 Å². The molecule has 0 aromatic heterocycles. The standard InChI is InChI=1S/C23H42N6/c1-17(2)27-13-9-20(10-14-27)28-11-6-12-29(16-15-28)22-8-5-7-21(26-22)23-24-18(3)19(4)25-23/h7,17,20,22-26H,5-6,8-16H2,1-4H3. The van der Waals surface area contributed by atoms with Gasteiger partial charge in [0.15, 0.2) is 0 Å². The van der Waals surface area contributed by atoms with Crippen molar-refractivity contribution < 1.29 is 0 Å². The van der Waals surface area contributed by atoms with Gasteiger partial charge in [-0.25, -0.2) is 0 Å². The Morgan fingerprint density at radius 3 is 2.17 bits per heavy atom. The predicted octanol–water partition coefficient (Wildman–Crippen LogP) is 2.23. The Morgan fingerprint density at radius 1 is 0.828 bits per heavy atom. The Balaban J connectivity index is 1.27. The number of hydrogen-bond acceptors (Lipinski definition) is 6. The predicted molar refractivity (Wildman–Crippen MR) is 120 cm³/mol. The highest BCUT2D eigenvalue weighted by atomic mass is 15.3. The van der Waals surface area contributed by atoms with Gasteiger partial charge in [-0.15, -0.1) is 0 Å². The molecule has 0 amide bonds. The lowest BCUT2D eigenvalue weighted by molar-refractivity contribution is 0.0908. The molecule has 4 aliphatic heterocycles. The molecule has 29 heavy (non-hydrogen) atoms. The van der Waals surface area contributed by atoms with Crippen molar-refractivity contribution in [1.29, 1.82) is 0 Å². The van der Waals surface area contributed by atoms with E-state index in [0.29, 0.717) is 12.2 Å². The zero-order chi connectivity index (χ0) is 20.4. The van der Waals surface area contributed by atoms with Crippen molar-refractivity contribution in [3.05, 3.63) is 23.2 Å². The van der Waals surface area contributed by atoms with Crippen LogP contribution in [0, 0.1) is 0 Å². The van der Waals surface area contributed by atoms with Crippen LogP contribution in [-0.4, -0.2) is 78.4 Å². The van der Waals surface area contributed by atoms with Gasteiger partial charge in [0.25, 0.3) is 0 Å². The Kier molecular flexibility index (Phi) is 6.72. The van der Waals surface area contributed by atoms with Gasteiger partial charge in [0, 0.05) is 43.1 Å². The molecule has 0 aromatic rings. The van der Waals surface area contributed by atoms with Gasteiger partial charge in [-0.05, 0) is 79.4 Å². The lowest BCUT2D eigenvalue weighted by Gasteiger charge is -2.40. The van der Waals surface area contributed by atoms with E-state index in [1.54, 1.807) is 0 Å². The number of nitrogens with zero attached hydrogens (tertiary/aromatic N) is 3. The molecule has 4 aliphatic rings. The van der Waals surface area contributed by atoms with E-state index < -0.39 is 0 Å². The summed E-state index contributed by atoms with van der Waals surface area (Å²) >= 11 is 0. The van der Waals surface area contributed by atoms with Crippen LogP contribution < -0.4 is 16.0 Å². The first-order chi connectivity index (χ1) is 14.0. The van der Waals surface area contributed by atoms with E-state index in [-0.39, 0.29) is 6.17 Å². The molecule has 3 N–H and O–H groups in total. The Morgan fingerprint density at radius 2 is 1.48 bits per heavy atom. The minimum Gasteiger partial charge on any atom is -0.370 e. The zero-order valence-corrected chi connectivity index (χ0v) is 19.0. The number of nitrogens with one attached hydrogen (secondary N) is 3. The number of likely N-dealkylation sites (tertiary alicyclic amines) is 1. The smallest absolute Gasteiger partial charge is 0.137 e. The van der Waals surface area contributed by atoms with Crippen LogP contribution in [0.3, 0.4) is 0 Å². The van der Waals surface area contributed by atoms with Crippen molar-refractivity contribution in [3.63, 3.8) is 0 Å². The summed E-state index contributed by atoms with van der Waals surface area (Å²) in [6.07, 6.45) is 9.43. The fraction of sp³-hybridized carbons (Fsp3) is 0.826. The van der Waals surface area contributed by atoms with Gasteiger partial charge in [-0.3, -0.25) is 9.80 Å². The first-order valence-electron chi connectivity index (χ1n) is 11.9. The summed E-state index contributed by atoms with van der Waals surface area (Å²) in [5.41, 5.74) is 3.84. The molecule has 0 aromatic carbocycles. The summed E-state index contributed by atoms with van der Waals surface area (Å²) in [4.78, 5) is 8.15. The van der Waals surface area contributed by atoms with E-state index >= 15 is 0 Å². The molecule has 0 aliphatic carbocycles. The average molecular weight is 403 g/mol. The second-order valence-electron chi connectivity index (χ2n) is 9.66. The van der Waals surface area contributed by atoms with Gasteiger partial charge in [0.2, 0.25) is 0 Å². The summed E-state index contributed by atoms with van der Waals surface area (Å²) in [5, 5.41) is 11.0. The first kappa shape index (κ1) is 21.0. The highest BCUT2D eigenvalue weighted by Crippen LogP contribution is 2.23. The van der Waals surface area contributed by atoms with E-state index in [9.17, 15) is 0 Å². The minimum atomic E-state index is 0.215. The molecule has 6 nitrogen and oxygen atoms in total. The number of piperidine rings is 1. The molecular weight excluding hydrogens is 360 g/mol. The third-order valence-corrected chi connectivity index (χ3v) is 7.48. The maximum atomic E-state index is 3.86. The van der Waals surface area contributed by atoms with E-state index in [4.69, 9.17) is 0 Å². The first-order valence-corrected chi connectivity index (χ1v) is 11.9. The van der Waals surface area contributed by atoms with Crippen LogP contribution in [0.2, 0.25) is 0 Å². The van der Waals surface area contributed by atoms with Crippen LogP contribution in [0.5, 0.6) is 0 Å². The van der Waals surface area contributed by atoms with Gasteiger partial charge in [-0.1, -0.05) is 6.08 Å². The van der Waals surface area contributed by atoms with Crippen LogP contribution in [0.25, 0.3) is 0 Å². The van der Waals surface area contributed by atoms with Crippen LogP contribution in [0.15, 0.2) is 23.2 Å². The number of hydrogen-bond donors (Lipinski definition) is 3. The van der Waals surface area contributed by atoms with E-state index in [1.165, 1.54) is 88.5 Å². The average Bonchev–Trinajstić information content (AvgIpc) is 2.93. The maximum Gasteiger partial charge on any atom is 0.137 e. The van der Waals surface area contributed by atoms with Gasteiger partial charge in [0.05, 0.1) is 11.9 Å². The summed E-state index contributed by atoms with van der Waals surface area (Å²) in [7, 11) is 0. The zero-order valence-electron chi connectivity index (χ0n) is 19.0. The van der Waals surface area contributed by atoms with E-state index in [0.717, 1.165) is 6.04 Å². The Labute approximate surface area is 177 Å². The quantitative estimate of drug-likeness (QED) is 0.670. The van der Waals surface area contributed by atoms with Crippen molar-refractivity contribution in [3.8, 4) is 0 Å². The largest absolute Gasteiger partial charge is 0.370 e. The van der Waals surface area contributed by atoms with Crippen molar-refractivity contribution in [2.75, 3.05) is 39.3 Å². The summed E-state index contributed by atoms with van der Waals surface area (Å²) in [6.45, 7) is 16.4. The van der Waals surface area contributed by atoms with Gasteiger partial charge >= 0.3 is 0 Å². The molecule has 1 unspecified atom stereocenters. The van der Waals surface area contributed by atoms with E-state index in [1.807, 2.05) is 0 Å². The van der Waals surface area contributed by atoms with E-state index in [2.05, 4.69) is 64.4 Å². The Hall–Kier alpha value is -1.24. The monoisotopic (exact) mass is 402 g/mol. The topological polar surface area (TPSA) is 45.8 Å². The van der Waals surface area contributed by atoms with Crippen LogP contribution in [0.4, 0.5) is 0 Å². The lowest BCUT2D eigenvalue weighted by Crippen LogP contribution is -2.53. The van der Waals surface area contributed by atoms with Crippen molar-refractivity contribution in [1.82, 2.24) is 30.7 Å². The summed E-state index contributed by atoms with van der Waals surface area (Å²) in [5.74, 6) is 0. The van der Waals surface area contributed by atoms with Crippen molar-refractivity contribution >= 4 is 0 Å². The highest BCUT2D eigenvalue weighted by Gasteiger charge is 2.31. The normalized spacial score (nSPS) is 29.4. The third-order valence-electron chi connectivity index (χ3n) is 7.48. The molecule has 1 atom stereocenters. The van der Waals surface area contributed by atoms with Crippen LogP contribution in [-0.2, 0) is 0 Å². The molecule has 6 heteroatoms.